The summed E-state index contributed by atoms with van der Waals surface area (Å²) in [4.78, 5) is 16.7. The third-order valence-corrected chi connectivity index (χ3v) is 5.12. The molecule has 5 nitrogen and oxygen atoms in total. The van der Waals surface area contributed by atoms with E-state index in [-0.39, 0.29) is 18.1 Å². The molecule has 0 N–H and O–H groups in total. The molecule has 2 aliphatic rings. The van der Waals surface area contributed by atoms with Crippen molar-refractivity contribution in [3.05, 3.63) is 59.4 Å². The Labute approximate surface area is 151 Å². The van der Waals surface area contributed by atoms with Gasteiger partial charge in [0, 0.05) is 32.7 Å². The number of amides is 1. The lowest BCUT2D eigenvalue weighted by Crippen LogP contribution is -2.44. The van der Waals surface area contributed by atoms with Gasteiger partial charge in [0.25, 0.3) is 5.91 Å². The Bertz CT molecular complexity index is 842. The third-order valence-electron chi connectivity index (χ3n) is 5.12. The zero-order valence-electron chi connectivity index (χ0n) is 14.8. The van der Waals surface area contributed by atoms with Gasteiger partial charge in [0.2, 0.25) is 0 Å². The molecule has 0 aromatic heterocycles. The van der Waals surface area contributed by atoms with Crippen molar-refractivity contribution in [1.29, 1.82) is 0 Å². The molecule has 2 unspecified atom stereocenters. The van der Waals surface area contributed by atoms with Gasteiger partial charge in [-0.15, -0.1) is 0 Å². The number of carbonyl (C=O) groups is 1. The molecule has 2 aliphatic heterocycles. The summed E-state index contributed by atoms with van der Waals surface area (Å²) in [7, 11) is 3.44. The first-order chi connectivity index (χ1) is 12.5. The Morgan fingerprint density at radius 2 is 2.08 bits per heavy atom. The van der Waals surface area contributed by atoms with E-state index < -0.39 is 5.82 Å². The van der Waals surface area contributed by atoms with Crippen molar-refractivity contribution in [1.82, 2.24) is 9.80 Å². The Balaban J connectivity index is 1.55. The first-order valence-electron chi connectivity index (χ1n) is 8.64. The topological polar surface area (TPSA) is 42.0 Å². The summed E-state index contributed by atoms with van der Waals surface area (Å²) in [6.07, 6.45) is -0.183. The van der Waals surface area contributed by atoms with Crippen molar-refractivity contribution in [2.45, 2.75) is 18.7 Å². The van der Waals surface area contributed by atoms with Gasteiger partial charge in [-0.05, 0) is 29.8 Å². The molecule has 0 radical (unpaired) electrons. The number of benzene rings is 2. The maximum Gasteiger partial charge on any atom is 0.257 e. The lowest BCUT2D eigenvalue weighted by Gasteiger charge is -2.25. The van der Waals surface area contributed by atoms with Gasteiger partial charge < -0.3 is 14.4 Å². The number of nitrogens with zero attached hydrogens (tertiary/aromatic N) is 2. The number of methoxy groups -OCH3 is 1. The van der Waals surface area contributed by atoms with Crippen molar-refractivity contribution < 1.29 is 18.7 Å². The van der Waals surface area contributed by atoms with Gasteiger partial charge in [0.15, 0.2) is 0 Å². The second kappa shape index (κ2) is 6.61. The summed E-state index contributed by atoms with van der Waals surface area (Å²) >= 11 is 0. The summed E-state index contributed by atoms with van der Waals surface area (Å²) in [6, 6.07) is 12.0. The molecule has 0 aliphatic carbocycles. The number of likely N-dealkylation sites (tertiary alicyclic amines) is 1. The van der Waals surface area contributed by atoms with E-state index in [9.17, 15) is 9.18 Å². The molecule has 1 fully saturated rings. The summed E-state index contributed by atoms with van der Waals surface area (Å²) in [6.45, 7) is 2.13. The predicted octanol–water partition coefficient (Wildman–Crippen LogP) is 2.55. The van der Waals surface area contributed by atoms with Gasteiger partial charge in [-0.1, -0.05) is 12.1 Å². The zero-order chi connectivity index (χ0) is 18.3. The van der Waals surface area contributed by atoms with E-state index >= 15 is 0 Å². The molecule has 0 spiro atoms. The van der Waals surface area contributed by atoms with Gasteiger partial charge in [0.1, 0.15) is 23.4 Å². The Morgan fingerprint density at radius 1 is 1.23 bits per heavy atom. The number of hydrogen-bond donors (Lipinski definition) is 0. The molecule has 2 aromatic carbocycles. The summed E-state index contributed by atoms with van der Waals surface area (Å²) in [5.74, 6) is 0.626. The minimum absolute atomic E-state index is 0.0661. The summed E-state index contributed by atoms with van der Waals surface area (Å²) < 4.78 is 24.9. The average Bonchev–Trinajstić information content (AvgIpc) is 2.99. The lowest BCUT2D eigenvalue weighted by molar-refractivity contribution is 0.0682. The molecule has 136 valence electrons. The van der Waals surface area contributed by atoms with E-state index in [0.717, 1.165) is 17.9 Å². The molecule has 0 saturated carbocycles. The van der Waals surface area contributed by atoms with Gasteiger partial charge in [-0.3, -0.25) is 9.69 Å². The van der Waals surface area contributed by atoms with Gasteiger partial charge in [-0.25, -0.2) is 4.39 Å². The Morgan fingerprint density at radius 3 is 2.88 bits per heavy atom. The normalized spacial score (nSPS) is 22.4. The fraction of sp³-hybridized carbons (Fsp3) is 0.350. The van der Waals surface area contributed by atoms with Crippen molar-refractivity contribution in [3.63, 3.8) is 0 Å². The Kier molecular flexibility index (Phi) is 4.28. The van der Waals surface area contributed by atoms with Crippen LogP contribution in [0.25, 0.3) is 0 Å². The number of ether oxygens (including phenoxy) is 2. The first-order valence-corrected chi connectivity index (χ1v) is 8.64. The van der Waals surface area contributed by atoms with E-state index in [0.29, 0.717) is 24.4 Å². The highest BCUT2D eigenvalue weighted by atomic mass is 19.1. The minimum atomic E-state index is -0.399. The van der Waals surface area contributed by atoms with Crippen LogP contribution in [-0.4, -0.2) is 55.1 Å². The van der Waals surface area contributed by atoms with Crippen molar-refractivity contribution >= 4 is 5.91 Å². The van der Waals surface area contributed by atoms with Crippen LogP contribution in [0.2, 0.25) is 0 Å². The molecule has 26 heavy (non-hydrogen) atoms. The van der Waals surface area contributed by atoms with Crippen LogP contribution >= 0.6 is 0 Å². The average molecular weight is 356 g/mol. The number of fused-ring (bicyclic) bond motifs is 2. The molecule has 2 heterocycles. The van der Waals surface area contributed by atoms with Crippen LogP contribution in [0.15, 0.2) is 42.5 Å². The van der Waals surface area contributed by atoms with E-state index in [1.54, 1.807) is 19.1 Å². The lowest BCUT2D eigenvalue weighted by atomic mass is 10.1. The number of likely N-dealkylation sites (N-methyl/N-ethyl adjacent to an activating group) is 1. The number of rotatable bonds is 3. The predicted molar refractivity (Wildman–Crippen MR) is 95.0 cm³/mol. The van der Waals surface area contributed by atoms with E-state index in [1.807, 2.05) is 18.2 Å². The van der Waals surface area contributed by atoms with Crippen molar-refractivity contribution in [2.24, 2.45) is 0 Å². The quantitative estimate of drug-likeness (QED) is 0.848. The molecular weight excluding hydrogens is 335 g/mol. The summed E-state index contributed by atoms with van der Waals surface area (Å²) in [5.41, 5.74) is 1.56. The second-order valence-corrected chi connectivity index (χ2v) is 6.83. The van der Waals surface area contributed by atoms with Gasteiger partial charge >= 0.3 is 0 Å². The maximum absolute atomic E-state index is 13.6. The summed E-state index contributed by atoms with van der Waals surface area (Å²) in [5, 5.41) is 0. The molecule has 0 bridgehead atoms. The monoisotopic (exact) mass is 356 g/mol. The van der Waals surface area contributed by atoms with Crippen LogP contribution in [0.3, 0.4) is 0 Å². The fourth-order valence-electron chi connectivity index (χ4n) is 3.75. The molecule has 6 heteroatoms. The van der Waals surface area contributed by atoms with Crippen molar-refractivity contribution in [3.8, 4) is 11.5 Å². The van der Waals surface area contributed by atoms with Crippen LogP contribution < -0.4 is 9.47 Å². The van der Waals surface area contributed by atoms with Crippen LogP contribution in [-0.2, 0) is 6.54 Å². The molecule has 4 rings (SSSR count). The number of halogens is 1. The van der Waals surface area contributed by atoms with E-state index in [4.69, 9.17) is 9.47 Å². The SMILES string of the molecule is COc1cccc(CN2CC3Oc4cc(F)ccc4C(=O)N(C)C3C2)c1. The molecular formula is C20H21FN2O3. The number of carbonyl (C=O) groups excluding carboxylic acids is 1. The molecule has 2 aromatic rings. The third kappa shape index (κ3) is 3.01. The largest absolute Gasteiger partial charge is 0.497 e. The Hall–Kier alpha value is -2.60. The highest BCUT2D eigenvalue weighted by Gasteiger charge is 2.42. The van der Waals surface area contributed by atoms with Crippen LogP contribution in [0.5, 0.6) is 11.5 Å². The van der Waals surface area contributed by atoms with Crippen LogP contribution in [0.4, 0.5) is 4.39 Å². The minimum Gasteiger partial charge on any atom is -0.497 e. The molecule has 1 saturated heterocycles. The second-order valence-electron chi connectivity index (χ2n) is 6.83. The number of hydrogen-bond acceptors (Lipinski definition) is 4. The van der Waals surface area contributed by atoms with Gasteiger partial charge in [0.05, 0.1) is 18.7 Å². The van der Waals surface area contributed by atoms with E-state index in [1.165, 1.54) is 18.2 Å². The molecule has 1 amide bonds. The highest BCUT2D eigenvalue weighted by Crippen LogP contribution is 2.31. The highest BCUT2D eigenvalue weighted by molar-refractivity contribution is 5.97. The smallest absolute Gasteiger partial charge is 0.257 e. The van der Waals surface area contributed by atoms with Gasteiger partial charge in [-0.2, -0.15) is 0 Å². The van der Waals surface area contributed by atoms with Crippen LogP contribution in [0, 0.1) is 5.82 Å². The maximum atomic E-state index is 13.6. The first kappa shape index (κ1) is 16.8. The fourth-order valence-corrected chi connectivity index (χ4v) is 3.75. The zero-order valence-corrected chi connectivity index (χ0v) is 14.8. The van der Waals surface area contributed by atoms with Crippen LogP contribution in [0.1, 0.15) is 15.9 Å². The van der Waals surface area contributed by atoms with Crippen molar-refractivity contribution in [2.75, 3.05) is 27.2 Å². The standard InChI is InChI=1S/C20H21FN2O3/c1-22-17-11-23(10-13-4-3-5-15(8-13)25-2)12-19(17)26-18-9-14(21)6-7-16(18)20(22)24/h3-9,17,19H,10-12H2,1-2H3. The van der Waals surface area contributed by atoms with E-state index in [2.05, 4.69) is 11.0 Å². The molecule has 2 atom stereocenters.